The van der Waals surface area contributed by atoms with E-state index >= 15 is 0 Å². The lowest BCUT2D eigenvalue weighted by Crippen LogP contribution is -2.54. The maximum atomic E-state index is 13.7. The van der Waals surface area contributed by atoms with Crippen LogP contribution >= 0.6 is 0 Å². The van der Waals surface area contributed by atoms with Gasteiger partial charge in [-0.25, -0.2) is 22.4 Å². The van der Waals surface area contributed by atoms with Gasteiger partial charge in [0.05, 0.1) is 0 Å². The van der Waals surface area contributed by atoms with Gasteiger partial charge in [0.2, 0.25) is 12.3 Å². The average molecular weight is 378 g/mol. The Balaban J connectivity index is 2.96. The van der Waals surface area contributed by atoms with Gasteiger partial charge in [0.15, 0.2) is 0 Å². The normalized spacial score (nSPS) is 13.4. The summed E-state index contributed by atoms with van der Waals surface area (Å²) in [5.74, 6) is -6.87. The fourth-order valence-electron chi connectivity index (χ4n) is 2.12. The lowest BCUT2D eigenvalue weighted by molar-refractivity contribution is -0.143. The van der Waals surface area contributed by atoms with Gasteiger partial charge in [-0.3, -0.25) is 9.59 Å². The Morgan fingerprint density at radius 1 is 1.08 bits per heavy atom. The molecule has 0 aliphatic rings. The molecule has 0 heterocycles. The van der Waals surface area contributed by atoms with Crippen molar-refractivity contribution in [2.24, 2.45) is 5.92 Å². The number of hydrogen-bond acceptors (Lipinski definition) is 3. The summed E-state index contributed by atoms with van der Waals surface area (Å²) in [4.78, 5) is 35.3. The van der Waals surface area contributed by atoms with Crippen molar-refractivity contribution in [2.75, 3.05) is 0 Å². The number of hydrogen-bond donors (Lipinski definition) is 3. The molecule has 0 saturated carbocycles. The Labute approximate surface area is 146 Å². The van der Waals surface area contributed by atoms with Crippen LogP contribution in [0.2, 0.25) is 0 Å². The van der Waals surface area contributed by atoms with Crippen molar-refractivity contribution in [3.05, 3.63) is 35.4 Å². The number of carboxylic acid groups (broad SMARTS) is 1. The Morgan fingerprint density at radius 3 is 2.04 bits per heavy atom. The zero-order chi connectivity index (χ0) is 20.0. The molecule has 1 aromatic carbocycles. The fourth-order valence-corrected chi connectivity index (χ4v) is 2.12. The van der Waals surface area contributed by atoms with Crippen molar-refractivity contribution in [1.29, 1.82) is 0 Å². The molecular weight excluding hydrogens is 360 g/mol. The standard InChI is InChI=1S/C16H18F4N2O4/c1-7(2)13(15(24)21-10(16(25)26)6-11(19)20)22-14(23)12-8(17)4-3-5-9(12)18/h3-5,7,10-11,13H,6H2,1-2H3,(H,21,24)(H,22,23)(H,25,26). The van der Waals surface area contributed by atoms with E-state index in [2.05, 4.69) is 5.32 Å². The van der Waals surface area contributed by atoms with Gasteiger partial charge in [0, 0.05) is 6.42 Å². The Kier molecular flexibility index (Phi) is 7.54. The molecule has 0 bridgehead atoms. The first kappa shape index (κ1) is 21.4. The second kappa shape index (κ2) is 9.16. The largest absolute Gasteiger partial charge is 0.480 e. The maximum absolute atomic E-state index is 13.7. The number of carbonyl (C=O) groups excluding carboxylic acids is 2. The van der Waals surface area contributed by atoms with Crippen LogP contribution < -0.4 is 10.6 Å². The molecule has 0 radical (unpaired) electrons. The number of halogens is 4. The minimum atomic E-state index is -2.98. The predicted molar refractivity (Wildman–Crippen MR) is 82.6 cm³/mol. The van der Waals surface area contributed by atoms with Gasteiger partial charge < -0.3 is 15.7 Å². The molecule has 10 heteroatoms. The lowest BCUT2D eigenvalue weighted by atomic mass is 10.0. The average Bonchev–Trinajstić information content (AvgIpc) is 2.50. The summed E-state index contributed by atoms with van der Waals surface area (Å²) in [6.45, 7) is 2.95. The minimum Gasteiger partial charge on any atom is -0.480 e. The van der Waals surface area contributed by atoms with Crippen LogP contribution in [-0.2, 0) is 9.59 Å². The molecule has 0 spiro atoms. The van der Waals surface area contributed by atoms with Gasteiger partial charge in [-0.2, -0.15) is 0 Å². The Hall–Kier alpha value is -2.65. The molecule has 6 nitrogen and oxygen atoms in total. The molecule has 3 N–H and O–H groups in total. The first-order chi connectivity index (χ1) is 12.0. The third-order valence-corrected chi connectivity index (χ3v) is 3.45. The smallest absolute Gasteiger partial charge is 0.326 e. The van der Waals surface area contributed by atoms with Crippen molar-refractivity contribution >= 4 is 17.8 Å². The predicted octanol–water partition coefficient (Wildman–Crippen LogP) is 1.94. The summed E-state index contributed by atoms with van der Waals surface area (Å²) >= 11 is 0. The zero-order valence-corrected chi connectivity index (χ0v) is 13.9. The molecule has 0 aromatic heterocycles. The molecule has 1 aromatic rings. The number of alkyl halides is 2. The van der Waals surface area contributed by atoms with Gasteiger partial charge in [0.25, 0.3) is 5.91 Å². The third-order valence-electron chi connectivity index (χ3n) is 3.45. The number of aliphatic carboxylic acids is 1. The summed E-state index contributed by atoms with van der Waals surface area (Å²) in [6.07, 6.45) is -4.10. The zero-order valence-electron chi connectivity index (χ0n) is 13.9. The summed E-state index contributed by atoms with van der Waals surface area (Å²) in [6, 6.07) is -0.501. The minimum absolute atomic E-state index is 0.616. The van der Waals surface area contributed by atoms with Crippen LogP contribution in [0.25, 0.3) is 0 Å². The summed E-state index contributed by atoms with van der Waals surface area (Å²) in [5, 5.41) is 12.9. The molecule has 0 aliphatic heterocycles. The van der Waals surface area contributed by atoms with Crippen molar-refractivity contribution in [2.45, 2.75) is 38.8 Å². The summed E-state index contributed by atoms with van der Waals surface area (Å²) in [7, 11) is 0. The number of carbonyl (C=O) groups is 3. The number of nitrogens with one attached hydrogen (secondary N) is 2. The maximum Gasteiger partial charge on any atom is 0.326 e. The van der Waals surface area contributed by atoms with Gasteiger partial charge in [0.1, 0.15) is 29.3 Å². The second-order valence-corrected chi connectivity index (χ2v) is 5.82. The van der Waals surface area contributed by atoms with E-state index in [1.54, 1.807) is 0 Å². The van der Waals surface area contributed by atoms with Gasteiger partial charge in [-0.1, -0.05) is 19.9 Å². The van der Waals surface area contributed by atoms with E-state index < -0.39 is 65.8 Å². The van der Waals surface area contributed by atoms with E-state index in [-0.39, 0.29) is 0 Å². The van der Waals surface area contributed by atoms with Gasteiger partial charge in [-0.05, 0) is 18.1 Å². The second-order valence-electron chi connectivity index (χ2n) is 5.82. The first-order valence-electron chi connectivity index (χ1n) is 7.60. The quantitative estimate of drug-likeness (QED) is 0.603. The number of amides is 2. The van der Waals surface area contributed by atoms with Crippen LogP contribution in [0.3, 0.4) is 0 Å². The van der Waals surface area contributed by atoms with Crippen LogP contribution in [0.5, 0.6) is 0 Å². The molecule has 26 heavy (non-hydrogen) atoms. The number of rotatable bonds is 8. The molecule has 0 saturated heterocycles. The fraction of sp³-hybridized carbons (Fsp3) is 0.438. The molecule has 2 amide bonds. The summed E-state index contributed by atoms with van der Waals surface area (Å²) < 4.78 is 52.1. The molecule has 0 aliphatic carbocycles. The molecule has 1 rings (SSSR count). The lowest BCUT2D eigenvalue weighted by Gasteiger charge is -2.24. The van der Waals surface area contributed by atoms with Crippen LogP contribution in [-0.4, -0.2) is 41.4 Å². The van der Waals surface area contributed by atoms with E-state index in [0.717, 1.165) is 18.2 Å². The topological polar surface area (TPSA) is 95.5 Å². The number of benzene rings is 1. The van der Waals surface area contributed by atoms with E-state index in [1.165, 1.54) is 13.8 Å². The van der Waals surface area contributed by atoms with Crippen LogP contribution in [0.15, 0.2) is 18.2 Å². The van der Waals surface area contributed by atoms with Crippen LogP contribution in [0.1, 0.15) is 30.6 Å². The molecule has 2 atom stereocenters. The molecular formula is C16H18F4N2O4. The van der Waals surface area contributed by atoms with Crippen LogP contribution in [0.4, 0.5) is 17.6 Å². The first-order valence-corrected chi connectivity index (χ1v) is 7.60. The number of carboxylic acids is 1. The van der Waals surface area contributed by atoms with E-state index in [4.69, 9.17) is 5.11 Å². The van der Waals surface area contributed by atoms with Crippen molar-refractivity contribution in [3.8, 4) is 0 Å². The molecule has 2 unspecified atom stereocenters. The van der Waals surface area contributed by atoms with E-state index in [1.807, 2.05) is 5.32 Å². The highest BCUT2D eigenvalue weighted by atomic mass is 19.3. The van der Waals surface area contributed by atoms with Crippen molar-refractivity contribution in [3.63, 3.8) is 0 Å². The van der Waals surface area contributed by atoms with E-state index in [0.29, 0.717) is 0 Å². The molecule has 0 fully saturated rings. The van der Waals surface area contributed by atoms with Crippen molar-refractivity contribution in [1.82, 2.24) is 10.6 Å². The highest BCUT2D eigenvalue weighted by Gasteiger charge is 2.31. The monoisotopic (exact) mass is 378 g/mol. The highest BCUT2D eigenvalue weighted by molar-refractivity contribution is 5.98. The highest BCUT2D eigenvalue weighted by Crippen LogP contribution is 2.14. The SMILES string of the molecule is CC(C)C(NC(=O)c1c(F)cccc1F)C(=O)NC(CC(F)F)C(=O)O. The Bertz CT molecular complexity index is 662. The van der Waals surface area contributed by atoms with Gasteiger partial charge in [-0.15, -0.1) is 0 Å². The third kappa shape index (κ3) is 5.71. The van der Waals surface area contributed by atoms with Crippen LogP contribution in [0, 0.1) is 17.6 Å². The Morgan fingerprint density at radius 2 is 1.62 bits per heavy atom. The van der Waals surface area contributed by atoms with Gasteiger partial charge >= 0.3 is 5.97 Å². The molecule has 144 valence electrons. The summed E-state index contributed by atoms with van der Waals surface area (Å²) in [5.41, 5.74) is -0.909. The van der Waals surface area contributed by atoms with Crippen molar-refractivity contribution < 1.29 is 37.1 Å². The van der Waals surface area contributed by atoms with E-state index in [9.17, 15) is 31.9 Å².